The third-order valence-electron chi connectivity index (χ3n) is 7.71. The first-order valence-corrected chi connectivity index (χ1v) is 12.7. The Hall–Kier alpha value is -3.44. The van der Waals surface area contributed by atoms with Crippen LogP contribution in [0.2, 0.25) is 0 Å². The Morgan fingerprint density at radius 1 is 0.629 bits per heavy atom. The Morgan fingerprint density at radius 2 is 1.34 bits per heavy atom. The van der Waals surface area contributed by atoms with Gasteiger partial charge in [0.05, 0.1) is 0 Å². The second kappa shape index (κ2) is 7.28. The van der Waals surface area contributed by atoms with Crippen LogP contribution >= 0.6 is 11.3 Å². The summed E-state index contributed by atoms with van der Waals surface area (Å²) in [6.45, 7) is 4.47. The van der Waals surface area contributed by atoms with Gasteiger partial charge in [-0.2, -0.15) is 0 Å². The van der Waals surface area contributed by atoms with Gasteiger partial charge >= 0.3 is 7.12 Å². The first kappa shape index (κ1) is 20.9. The molecule has 0 spiro atoms. The van der Waals surface area contributed by atoms with Crippen LogP contribution in [-0.2, 0) is 5.41 Å². The average molecular weight is 470 g/mol. The fourth-order valence-corrected chi connectivity index (χ4v) is 7.20. The molecule has 0 amide bonds. The highest BCUT2D eigenvalue weighted by molar-refractivity contribution is 7.26. The molecule has 1 aliphatic rings. The highest BCUT2D eigenvalue weighted by Crippen LogP contribution is 2.51. The zero-order valence-electron chi connectivity index (χ0n) is 19.5. The van der Waals surface area contributed by atoms with Crippen molar-refractivity contribution < 1.29 is 10.0 Å². The molecule has 0 aliphatic heterocycles. The molecular formula is C31H23BO2S. The summed E-state index contributed by atoms with van der Waals surface area (Å²) >= 11 is 1.87. The van der Waals surface area contributed by atoms with Crippen LogP contribution in [0.5, 0.6) is 0 Å². The quantitative estimate of drug-likeness (QED) is 0.272. The van der Waals surface area contributed by atoms with E-state index in [1.807, 2.05) is 29.5 Å². The minimum Gasteiger partial charge on any atom is -0.423 e. The summed E-state index contributed by atoms with van der Waals surface area (Å²) in [4.78, 5) is 0. The van der Waals surface area contributed by atoms with E-state index in [0.29, 0.717) is 5.46 Å². The van der Waals surface area contributed by atoms with Gasteiger partial charge in [-0.3, -0.25) is 0 Å². The first-order chi connectivity index (χ1) is 16.9. The van der Waals surface area contributed by atoms with Crippen LogP contribution in [0.3, 0.4) is 0 Å². The first-order valence-electron chi connectivity index (χ1n) is 11.9. The Balaban J connectivity index is 1.56. The van der Waals surface area contributed by atoms with Gasteiger partial charge in [0.1, 0.15) is 0 Å². The van der Waals surface area contributed by atoms with E-state index in [-0.39, 0.29) is 5.41 Å². The Kier molecular flexibility index (Phi) is 4.35. The van der Waals surface area contributed by atoms with Crippen molar-refractivity contribution in [1.82, 2.24) is 0 Å². The highest BCUT2D eigenvalue weighted by atomic mass is 32.1. The van der Waals surface area contributed by atoms with Crippen LogP contribution in [0.25, 0.3) is 53.2 Å². The van der Waals surface area contributed by atoms with E-state index in [2.05, 4.69) is 86.6 Å². The maximum Gasteiger partial charge on any atom is 0.488 e. The van der Waals surface area contributed by atoms with E-state index >= 15 is 0 Å². The molecule has 1 aromatic heterocycles. The van der Waals surface area contributed by atoms with Crippen LogP contribution in [-0.4, -0.2) is 17.2 Å². The Morgan fingerprint density at radius 3 is 2.20 bits per heavy atom. The third-order valence-corrected chi connectivity index (χ3v) is 8.93. The molecule has 5 aromatic carbocycles. The average Bonchev–Trinajstić information content (AvgIpc) is 3.26. The summed E-state index contributed by atoms with van der Waals surface area (Å²) < 4.78 is 2.64. The molecule has 0 fully saturated rings. The number of hydrogen-bond acceptors (Lipinski definition) is 3. The molecule has 0 bridgehead atoms. The summed E-state index contributed by atoms with van der Waals surface area (Å²) in [5.74, 6) is 0. The molecule has 7 rings (SSSR count). The van der Waals surface area contributed by atoms with Crippen molar-refractivity contribution >= 4 is 54.9 Å². The molecule has 35 heavy (non-hydrogen) atoms. The molecule has 1 heterocycles. The van der Waals surface area contributed by atoms with E-state index in [9.17, 15) is 10.0 Å². The monoisotopic (exact) mass is 470 g/mol. The molecule has 0 atom stereocenters. The third kappa shape index (κ3) is 2.85. The molecule has 0 saturated carbocycles. The van der Waals surface area contributed by atoms with Gasteiger partial charge in [-0.05, 0) is 50.1 Å². The van der Waals surface area contributed by atoms with Crippen molar-refractivity contribution in [3.63, 3.8) is 0 Å². The fraction of sp³-hybridized carbons (Fsp3) is 0.0968. The van der Waals surface area contributed by atoms with Gasteiger partial charge in [0.2, 0.25) is 0 Å². The predicted molar refractivity (Wildman–Crippen MR) is 150 cm³/mol. The molecule has 4 heteroatoms. The minimum absolute atomic E-state index is 0.269. The predicted octanol–water partition coefficient (Wildman–Crippen LogP) is 6.86. The minimum atomic E-state index is -1.47. The summed E-state index contributed by atoms with van der Waals surface area (Å²) in [5.41, 5.74) is 7.55. The van der Waals surface area contributed by atoms with Crippen molar-refractivity contribution in [2.24, 2.45) is 0 Å². The van der Waals surface area contributed by atoms with Gasteiger partial charge < -0.3 is 10.0 Å². The summed E-state index contributed by atoms with van der Waals surface area (Å²) in [6.07, 6.45) is 0. The fourth-order valence-electron chi connectivity index (χ4n) is 5.97. The van der Waals surface area contributed by atoms with Gasteiger partial charge in [0.15, 0.2) is 0 Å². The second-order valence-corrected chi connectivity index (χ2v) is 11.0. The van der Waals surface area contributed by atoms with Crippen molar-refractivity contribution in [3.8, 4) is 22.3 Å². The van der Waals surface area contributed by atoms with Gasteiger partial charge in [0, 0.05) is 31.2 Å². The molecule has 2 nitrogen and oxygen atoms in total. The van der Waals surface area contributed by atoms with E-state index in [0.717, 1.165) is 11.1 Å². The Bertz CT molecular complexity index is 1810. The van der Waals surface area contributed by atoms with Crippen molar-refractivity contribution in [2.45, 2.75) is 19.3 Å². The molecule has 0 radical (unpaired) electrons. The number of fused-ring (bicyclic) bond motifs is 5. The van der Waals surface area contributed by atoms with Gasteiger partial charge in [-0.15, -0.1) is 11.3 Å². The summed E-state index contributed by atoms with van der Waals surface area (Å²) in [5, 5.41) is 24.8. The zero-order chi connectivity index (χ0) is 23.9. The lowest BCUT2D eigenvalue weighted by molar-refractivity contribution is 0.425. The van der Waals surface area contributed by atoms with Crippen molar-refractivity contribution in [2.75, 3.05) is 0 Å². The maximum atomic E-state index is 9.80. The lowest BCUT2D eigenvalue weighted by Gasteiger charge is -2.36. The highest BCUT2D eigenvalue weighted by Gasteiger charge is 2.34. The van der Waals surface area contributed by atoms with Crippen LogP contribution in [0.4, 0.5) is 0 Å². The molecule has 6 aromatic rings. The smallest absolute Gasteiger partial charge is 0.423 e. The topological polar surface area (TPSA) is 40.5 Å². The number of thiophene rings is 1. The number of rotatable bonds is 2. The van der Waals surface area contributed by atoms with Gasteiger partial charge in [-0.1, -0.05) is 98.8 Å². The number of hydrogen-bond donors (Lipinski definition) is 2. The normalized spacial score (nSPS) is 13.9. The maximum absolute atomic E-state index is 9.80. The van der Waals surface area contributed by atoms with Crippen molar-refractivity contribution in [3.05, 3.63) is 102 Å². The van der Waals surface area contributed by atoms with E-state index < -0.39 is 7.12 Å². The Labute approximate surface area is 208 Å². The largest absolute Gasteiger partial charge is 0.488 e. The number of benzene rings is 5. The van der Waals surface area contributed by atoms with Gasteiger partial charge in [0.25, 0.3) is 0 Å². The van der Waals surface area contributed by atoms with E-state index in [1.165, 1.54) is 53.2 Å². The molecule has 0 unspecified atom stereocenters. The second-order valence-electron chi connectivity index (χ2n) is 9.97. The molecule has 168 valence electrons. The SMILES string of the molecule is CC1(C)c2cc(B(O)O)ccc2-c2ccc(-c3cccc4c3sc3ccccc34)c3cccc1c23. The van der Waals surface area contributed by atoms with Crippen LogP contribution in [0, 0.1) is 0 Å². The molecule has 0 saturated heterocycles. The molecular weight excluding hydrogens is 447 g/mol. The van der Waals surface area contributed by atoms with E-state index in [1.54, 1.807) is 0 Å². The lowest BCUT2D eigenvalue weighted by atomic mass is 9.66. The van der Waals surface area contributed by atoms with Crippen molar-refractivity contribution in [1.29, 1.82) is 0 Å². The standard InChI is InChI=1S/C31H23BO2S/c1-31(2)26-11-6-8-22-19(24-9-5-10-25-21-7-3-4-12-28(21)35-30(24)25)15-16-23(29(22)26)20-14-13-18(32(33)34)17-27(20)31/h3-17,33-34H,1-2H3. The summed E-state index contributed by atoms with van der Waals surface area (Å²) in [6, 6.07) is 32.3. The van der Waals surface area contributed by atoms with Gasteiger partial charge in [-0.25, -0.2) is 0 Å². The van der Waals surface area contributed by atoms with Crippen LogP contribution < -0.4 is 5.46 Å². The lowest BCUT2D eigenvalue weighted by Crippen LogP contribution is -2.33. The molecule has 1 aliphatic carbocycles. The molecule has 2 N–H and O–H groups in total. The van der Waals surface area contributed by atoms with Crippen LogP contribution in [0.1, 0.15) is 25.0 Å². The van der Waals surface area contributed by atoms with E-state index in [4.69, 9.17) is 0 Å². The summed E-state index contributed by atoms with van der Waals surface area (Å²) in [7, 11) is -1.47. The zero-order valence-corrected chi connectivity index (χ0v) is 20.4. The van der Waals surface area contributed by atoms with Crippen LogP contribution in [0.15, 0.2) is 91.0 Å².